The van der Waals surface area contributed by atoms with Crippen LogP contribution < -0.4 is 0 Å². The van der Waals surface area contributed by atoms with Gasteiger partial charge >= 0.3 is 5.97 Å². The summed E-state index contributed by atoms with van der Waals surface area (Å²) < 4.78 is 34.3. The lowest BCUT2D eigenvalue weighted by Gasteiger charge is -2.42. The summed E-state index contributed by atoms with van der Waals surface area (Å²) in [5, 5.41) is 72.2. The Bertz CT molecular complexity index is 1220. The number of hydrogen-bond acceptors (Lipinski definition) is 14. The van der Waals surface area contributed by atoms with Gasteiger partial charge in [0.15, 0.2) is 12.6 Å². The molecule has 2 rings (SSSR count). The Balaban J connectivity index is 1.74. The van der Waals surface area contributed by atoms with Crippen LogP contribution in [0.4, 0.5) is 0 Å². The average molecular weight is 973 g/mol. The summed E-state index contributed by atoms with van der Waals surface area (Å²) >= 11 is 0. The molecule has 7 N–H and O–H groups in total. The van der Waals surface area contributed by atoms with E-state index in [4.69, 9.17) is 28.4 Å². The van der Waals surface area contributed by atoms with Gasteiger partial charge in [0.25, 0.3) is 0 Å². The number of carbonyl (C=O) groups is 1. The quantitative estimate of drug-likeness (QED) is 0.0173. The van der Waals surface area contributed by atoms with Crippen LogP contribution in [0.5, 0.6) is 0 Å². The molecular formula is C54H100O14. The maximum Gasteiger partial charge on any atom is 0.306 e. The van der Waals surface area contributed by atoms with Gasteiger partial charge in [-0.25, -0.2) is 0 Å². The number of unbranched alkanes of at least 4 members (excludes halogenated alkanes) is 26. The Morgan fingerprint density at radius 3 is 1.46 bits per heavy atom. The van der Waals surface area contributed by atoms with Crippen molar-refractivity contribution in [1.29, 1.82) is 0 Å². The predicted molar refractivity (Wildman–Crippen MR) is 266 cm³/mol. The summed E-state index contributed by atoms with van der Waals surface area (Å²) in [7, 11) is 0. The fourth-order valence-electron chi connectivity index (χ4n) is 8.71. The fraction of sp³-hybridized carbons (Fsp3) is 0.907. The fourth-order valence-corrected chi connectivity index (χ4v) is 8.71. The number of allylic oxidation sites excluding steroid dienone is 4. The van der Waals surface area contributed by atoms with Crippen molar-refractivity contribution in [3.8, 4) is 0 Å². The zero-order valence-corrected chi connectivity index (χ0v) is 42.6. The van der Waals surface area contributed by atoms with E-state index in [0.29, 0.717) is 13.0 Å². The molecule has 400 valence electrons. The van der Waals surface area contributed by atoms with E-state index in [1.165, 1.54) is 122 Å². The molecule has 0 aromatic carbocycles. The third-order valence-electron chi connectivity index (χ3n) is 13.2. The lowest BCUT2D eigenvalue weighted by Crippen LogP contribution is -2.61. The SMILES string of the molecule is CCCC/C=C\C/C=C\CCCCCCCCOCC(COC1OC(COC2OC(CO)C(O)C(O)C2O)C(O)C(O)C1O)OC(=O)CCCCCCCCCCCCCCCCCCCCC. The second-order valence-electron chi connectivity index (χ2n) is 19.4. The summed E-state index contributed by atoms with van der Waals surface area (Å²) in [5.41, 5.74) is 0. The highest BCUT2D eigenvalue weighted by molar-refractivity contribution is 5.69. The van der Waals surface area contributed by atoms with E-state index in [0.717, 1.165) is 64.2 Å². The minimum Gasteiger partial charge on any atom is -0.457 e. The number of ether oxygens (including phenoxy) is 6. The van der Waals surface area contributed by atoms with Crippen LogP contribution in [0.3, 0.4) is 0 Å². The van der Waals surface area contributed by atoms with Gasteiger partial charge in [-0.15, -0.1) is 0 Å². The smallest absolute Gasteiger partial charge is 0.306 e. The van der Waals surface area contributed by atoms with Crippen LogP contribution in [0, 0.1) is 0 Å². The molecule has 0 amide bonds. The molecule has 11 unspecified atom stereocenters. The molecule has 0 bridgehead atoms. The van der Waals surface area contributed by atoms with Crippen LogP contribution in [-0.4, -0.2) is 142 Å². The maximum absolute atomic E-state index is 13.0. The van der Waals surface area contributed by atoms with Gasteiger partial charge in [0.05, 0.1) is 26.4 Å². The number of esters is 1. The molecule has 2 saturated heterocycles. The first kappa shape index (κ1) is 62.6. The van der Waals surface area contributed by atoms with Gasteiger partial charge in [0.2, 0.25) is 0 Å². The standard InChI is InChI=1S/C54H100O14/c1-3-5-7-9-11-13-15-17-19-20-21-22-23-25-27-29-31-33-35-37-46(56)66-43(40-63-38-36-34-32-30-28-26-24-18-16-14-12-10-8-6-4-2)41-64-53-52(62)50(60)48(58)45(68-53)42-65-54-51(61)49(59)47(57)44(39-55)67-54/h10,12,16,18,43-45,47-55,57-62H,3-9,11,13-15,17,19-42H2,1-2H3/b12-10-,18-16-. The number of rotatable bonds is 44. The van der Waals surface area contributed by atoms with Crippen LogP contribution in [0.25, 0.3) is 0 Å². The van der Waals surface area contributed by atoms with Crippen LogP contribution in [0.2, 0.25) is 0 Å². The molecule has 0 aromatic rings. The van der Waals surface area contributed by atoms with Crippen molar-refractivity contribution in [2.75, 3.05) is 33.0 Å². The zero-order chi connectivity index (χ0) is 49.5. The number of hydrogen-bond donors (Lipinski definition) is 7. The molecule has 2 heterocycles. The molecule has 0 radical (unpaired) electrons. The summed E-state index contributed by atoms with van der Waals surface area (Å²) in [6, 6.07) is 0. The van der Waals surface area contributed by atoms with Crippen molar-refractivity contribution in [3.05, 3.63) is 24.3 Å². The Kier molecular flexibility index (Phi) is 38.7. The van der Waals surface area contributed by atoms with Gasteiger partial charge in [0.1, 0.15) is 54.9 Å². The number of aliphatic hydroxyl groups excluding tert-OH is 7. The Labute approximate surface area is 411 Å². The zero-order valence-electron chi connectivity index (χ0n) is 42.6. The van der Waals surface area contributed by atoms with Crippen molar-refractivity contribution in [3.63, 3.8) is 0 Å². The van der Waals surface area contributed by atoms with Crippen molar-refractivity contribution in [2.45, 2.75) is 280 Å². The summed E-state index contributed by atoms with van der Waals surface area (Å²) in [6.07, 6.45) is 29.5. The maximum atomic E-state index is 13.0. The lowest BCUT2D eigenvalue weighted by atomic mass is 9.98. The first-order valence-electron chi connectivity index (χ1n) is 27.4. The molecule has 2 aliphatic rings. The highest BCUT2D eigenvalue weighted by Crippen LogP contribution is 2.26. The van der Waals surface area contributed by atoms with Crippen molar-refractivity contribution in [1.82, 2.24) is 0 Å². The van der Waals surface area contributed by atoms with Crippen LogP contribution in [0.1, 0.15) is 213 Å². The molecule has 0 spiro atoms. The summed E-state index contributed by atoms with van der Waals surface area (Å²) in [5.74, 6) is -0.376. The molecule has 0 saturated carbocycles. The van der Waals surface area contributed by atoms with Gasteiger partial charge in [-0.2, -0.15) is 0 Å². The molecule has 0 aliphatic carbocycles. The Morgan fingerprint density at radius 1 is 0.485 bits per heavy atom. The topological polar surface area (TPSA) is 214 Å². The first-order chi connectivity index (χ1) is 33.1. The molecule has 11 atom stereocenters. The van der Waals surface area contributed by atoms with Crippen molar-refractivity contribution < 1.29 is 69.0 Å². The molecule has 2 aliphatic heterocycles. The third kappa shape index (κ3) is 29.1. The van der Waals surface area contributed by atoms with E-state index in [-0.39, 0.29) is 25.6 Å². The normalized spacial score (nSPS) is 26.0. The summed E-state index contributed by atoms with van der Waals surface area (Å²) in [6.45, 7) is 3.66. The number of aliphatic hydroxyl groups is 7. The first-order valence-corrected chi connectivity index (χ1v) is 27.4. The highest BCUT2D eigenvalue weighted by atomic mass is 16.7. The van der Waals surface area contributed by atoms with Gasteiger partial charge in [-0.3, -0.25) is 4.79 Å². The molecule has 14 nitrogen and oxygen atoms in total. The van der Waals surface area contributed by atoms with Crippen molar-refractivity contribution in [2.24, 2.45) is 0 Å². The molecular weight excluding hydrogens is 873 g/mol. The number of carbonyl (C=O) groups excluding carboxylic acids is 1. The predicted octanol–water partition coefficient (Wildman–Crippen LogP) is 8.80. The van der Waals surface area contributed by atoms with Gasteiger partial charge < -0.3 is 64.2 Å². The lowest BCUT2D eigenvalue weighted by molar-refractivity contribution is -0.332. The Morgan fingerprint density at radius 2 is 0.926 bits per heavy atom. The minimum absolute atomic E-state index is 0.0582. The van der Waals surface area contributed by atoms with Crippen LogP contribution in [-0.2, 0) is 33.2 Å². The molecule has 68 heavy (non-hydrogen) atoms. The van der Waals surface area contributed by atoms with Crippen LogP contribution >= 0.6 is 0 Å². The van der Waals surface area contributed by atoms with Crippen LogP contribution in [0.15, 0.2) is 24.3 Å². The van der Waals surface area contributed by atoms with E-state index in [1.807, 2.05) is 0 Å². The summed E-state index contributed by atoms with van der Waals surface area (Å²) in [4.78, 5) is 13.0. The second-order valence-corrected chi connectivity index (χ2v) is 19.4. The van der Waals surface area contributed by atoms with Crippen molar-refractivity contribution >= 4 is 5.97 Å². The molecule has 0 aromatic heterocycles. The van der Waals surface area contributed by atoms with E-state index >= 15 is 0 Å². The Hall–Kier alpha value is -1.53. The van der Waals surface area contributed by atoms with E-state index in [2.05, 4.69) is 38.2 Å². The van der Waals surface area contributed by atoms with Gasteiger partial charge in [0, 0.05) is 13.0 Å². The largest absolute Gasteiger partial charge is 0.457 e. The van der Waals surface area contributed by atoms with Gasteiger partial charge in [-0.05, 0) is 38.5 Å². The monoisotopic (exact) mass is 973 g/mol. The van der Waals surface area contributed by atoms with E-state index < -0.39 is 80.7 Å². The second kappa shape index (κ2) is 42.0. The molecule has 2 fully saturated rings. The minimum atomic E-state index is -1.71. The van der Waals surface area contributed by atoms with Gasteiger partial charge in [-0.1, -0.05) is 192 Å². The highest BCUT2D eigenvalue weighted by Gasteiger charge is 2.47. The average Bonchev–Trinajstić information content (AvgIpc) is 3.33. The van der Waals surface area contributed by atoms with E-state index in [9.17, 15) is 40.5 Å². The third-order valence-corrected chi connectivity index (χ3v) is 13.2. The van der Waals surface area contributed by atoms with E-state index in [1.54, 1.807) is 0 Å². The molecule has 14 heteroatoms.